The number of hydrogen-bond donors (Lipinski definition) is 0. The van der Waals surface area contributed by atoms with Crippen LogP contribution in [-0.2, 0) is 16.1 Å². The molecule has 0 aliphatic heterocycles. The first kappa shape index (κ1) is 23.2. The number of carbonyl (C=O) groups is 1. The van der Waals surface area contributed by atoms with E-state index in [4.69, 9.17) is 4.74 Å². The Morgan fingerprint density at radius 2 is 1.67 bits per heavy atom. The molecule has 0 aliphatic carbocycles. The number of esters is 1. The van der Waals surface area contributed by atoms with Gasteiger partial charge in [0, 0.05) is 24.4 Å². The molecule has 1 rings (SSSR count). The standard InChI is InChI=1S/C24H37NO2/c1-2-3-4-5-6-7-8-9-10-11-12-13-14-15-16-19-24(26)27-22-23-18-17-20-25-21-23/h11,13,17-18,20-21H,2-10,14-16,19,22H2,1H3. The Balaban J connectivity index is 1.89. The van der Waals surface area contributed by atoms with E-state index in [0.717, 1.165) is 31.2 Å². The summed E-state index contributed by atoms with van der Waals surface area (Å²) < 4.78 is 5.24. The molecule has 0 atom stereocenters. The predicted octanol–water partition coefficient (Wildman–Crippen LogP) is 6.93. The number of allylic oxidation sites excluding steroid dienone is 1. The Morgan fingerprint density at radius 3 is 2.33 bits per heavy atom. The Labute approximate surface area is 165 Å². The van der Waals surface area contributed by atoms with Gasteiger partial charge in [-0.15, -0.1) is 5.73 Å². The Bertz CT molecular complexity index is 533. The summed E-state index contributed by atoms with van der Waals surface area (Å²) in [6.45, 7) is 2.58. The fourth-order valence-electron chi connectivity index (χ4n) is 2.87. The highest BCUT2D eigenvalue weighted by molar-refractivity contribution is 5.69. The fraction of sp³-hybridized carbons (Fsp3) is 0.625. The van der Waals surface area contributed by atoms with Crippen LogP contribution in [0.15, 0.2) is 42.4 Å². The van der Waals surface area contributed by atoms with E-state index in [-0.39, 0.29) is 5.97 Å². The molecule has 1 heterocycles. The molecule has 27 heavy (non-hydrogen) atoms. The SMILES string of the molecule is CCCCCCCCCCC=C=CCCCCC(=O)OCc1cccnc1. The van der Waals surface area contributed by atoms with E-state index in [1.165, 1.54) is 51.4 Å². The van der Waals surface area contributed by atoms with Gasteiger partial charge in [0.2, 0.25) is 0 Å². The van der Waals surface area contributed by atoms with Crippen LogP contribution in [-0.4, -0.2) is 11.0 Å². The molecule has 1 aromatic heterocycles. The molecule has 150 valence electrons. The third-order valence-electron chi connectivity index (χ3n) is 4.54. The normalized spacial score (nSPS) is 10.3. The maximum absolute atomic E-state index is 11.7. The van der Waals surface area contributed by atoms with Crippen LogP contribution in [0, 0.1) is 0 Å². The zero-order valence-corrected chi connectivity index (χ0v) is 17.1. The van der Waals surface area contributed by atoms with Crippen LogP contribution in [0.3, 0.4) is 0 Å². The molecule has 0 N–H and O–H groups in total. The quantitative estimate of drug-likeness (QED) is 0.180. The van der Waals surface area contributed by atoms with E-state index in [9.17, 15) is 4.79 Å². The van der Waals surface area contributed by atoms with Crippen LogP contribution in [0.4, 0.5) is 0 Å². The highest BCUT2D eigenvalue weighted by atomic mass is 16.5. The van der Waals surface area contributed by atoms with Gasteiger partial charge >= 0.3 is 5.97 Å². The van der Waals surface area contributed by atoms with Crippen LogP contribution in [0.25, 0.3) is 0 Å². The molecule has 0 radical (unpaired) electrons. The number of aromatic nitrogens is 1. The minimum Gasteiger partial charge on any atom is -0.461 e. The zero-order chi connectivity index (χ0) is 19.4. The van der Waals surface area contributed by atoms with Gasteiger partial charge in [-0.2, -0.15) is 0 Å². The van der Waals surface area contributed by atoms with E-state index < -0.39 is 0 Å². The highest BCUT2D eigenvalue weighted by Crippen LogP contribution is 2.09. The molecular formula is C24H37NO2. The number of carbonyl (C=O) groups excluding carboxylic acids is 1. The summed E-state index contributed by atoms with van der Waals surface area (Å²) in [5.41, 5.74) is 4.19. The van der Waals surface area contributed by atoms with Crippen molar-refractivity contribution in [1.82, 2.24) is 4.98 Å². The van der Waals surface area contributed by atoms with Gasteiger partial charge in [-0.05, 0) is 50.3 Å². The molecule has 0 saturated heterocycles. The van der Waals surface area contributed by atoms with Gasteiger partial charge in [-0.3, -0.25) is 9.78 Å². The summed E-state index contributed by atoms with van der Waals surface area (Å²) in [4.78, 5) is 15.7. The van der Waals surface area contributed by atoms with E-state index in [1.807, 2.05) is 12.1 Å². The van der Waals surface area contributed by atoms with Crippen molar-refractivity contribution in [3.63, 3.8) is 0 Å². The van der Waals surface area contributed by atoms with Gasteiger partial charge in [-0.1, -0.05) is 57.9 Å². The summed E-state index contributed by atoms with van der Waals surface area (Å²) in [5.74, 6) is -0.131. The van der Waals surface area contributed by atoms with Crippen molar-refractivity contribution >= 4 is 5.97 Å². The number of pyridine rings is 1. The minimum absolute atomic E-state index is 0.131. The Hall–Kier alpha value is -1.86. The van der Waals surface area contributed by atoms with Gasteiger partial charge in [0.1, 0.15) is 6.61 Å². The van der Waals surface area contributed by atoms with Crippen LogP contribution < -0.4 is 0 Å². The fourth-order valence-corrected chi connectivity index (χ4v) is 2.87. The van der Waals surface area contributed by atoms with Crippen molar-refractivity contribution in [2.24, 2.45) is 0 Å². The van der Waals surface area contributed by atoms with Gasteiger partial charge < -0.3 is 4.74 Å². The van der Waals surface area contributed by atoms with Crippen LogP contribution >= 0.6 is 0 Å². The van der Waals surface area contributed by atoms with Gasteiger partial charge in [-0.25, -0.2) is 0 Å². The molecule has 0 spiro atoms. The van der Waals surface area contributed by atoms with E-state index in [2.05, 4.69) is 29.8 Å². The lowest BCUT2D eigenvalue weighted by Crippen LogP contribution is -2.04. The topological polar surface area (TPSA) is 39.2 Å². The minimum atomic E-state index is -0.131. The summed E-state index contributed by atoms with van der Waals surface area (Å²) in [6, 6.07) is 3.75. The number of rotatable bonds is 16. The Morgan fingerprint density at radius 1 is 1.00 bits per heavy atom. The molecule has 0 aromatic carbocycles. The maximum atomic E-state index is 11.7. The molecule has 3 heteroatoms. The zero-order valence-electron chi connectivity index (χ0n) is 17.1. The second-order valence-corrected chi connectivity index (χ2v) is 7.11. The molecule has 0 unspecified atom stereocenters. The first-order valence-corrected chi connectivity index (χ1v) is 10.8. The molecule has 1 aromatic rings. The van der Waals surface area contributed by atoms with Crippen molar-refractivity contribution in [3.05, 3.63) is 48.0 Å². The van der Waals surface area contributed by atoms with Crippen molar-refractivity contribution in [2.45, 2.75) is 97.0 Å². The highest BCUT2D eigenvalue weighted by Gasteiger charge is 2.02. The van der Waals surface area contributed by atoms with Crippen molar-refractivity contribution in [2.75, 3.05) is 0 Å². The number of hydrogen-bond acceptors (Lipinski definition) is 3. The molecule has 0 fully saturated rings. The first-order valence-electron chi connectivity index (χ1n) is 10.8. The third kappa shape index (κ3) is 14.9. The number of unbranched alkanes of at least 4 members (excludes halogenated alkanes) is 10. The average Bonchev–Trinajstić information content (AvgIpc) is 2.70. The molecule has 0 amide bonds. The van der Waals surface area contributed by atoms with Crippen molar-refractivity contribution in [3.8, 4) is 0 Å². The molecule has 0 saturated carbocycles. The average molecular weight is 372 g/mol. The number of ether oxygens (including phenoxy) is 1. The summed E-state index contributed by atoms with van der Waals surface area (Å²) in [6.07, 6.45) is 23.0. The van der Waals surface area contributed by atoms with E-state index in [0.29, 0.717) is 13.0 Å². The molecule has 0 bridgehead atoms. The van der Waals surface area contributed by atoms with Crippen molar-refractivity contribution in [1.29, 1.82) is 0 Å². The van der Waals surface area contributed by atoms with E-state index >= 15 is 0 Å². The smallest absolute Gasteiger partial charge is 0.306 e. The summed E-state index contributed by atoms with van der Waals surface area (Å²) in [5, 5.41) is 0. The summed E-state index contributed by atoms with van der Waals surface area (Å²) >= 11 is 0. The van der Waals surface area contributed by atoms with Crippen molar-refractivity contribution < 1.29 is 9.53 Å². The lowest BCUT2D eigenvalue weighted by atomic mass is 10.1. The maximum Gasteiger partial charge on any atom is 0.306 e. The van der Waals surface area contributed by atoms with Gasteiger partial charge in [0.25, 0.3) is 0 Å². The second kappa shape index (κ2) is 17.5. The largest absolute Gasteiger partial charge is 0.461 e. The lowest BCUT2D eigenvalue weighted by Gasteiger charge is -2.03. The van der Waals surface area contributed by atoms with Gasteiger partial charge in [0.05, 0.1) is 0 Å². The third-order valence-corrected chi connectivity index (χ3v) is 4.54. The predicted molar refractivity (Wildman–Crippen MR) is 112 cm³/mol. The monoisotopic (exact) mass is 371 g/mol. The van der Waals surface area contributed by atoms with Crippen LogP contribution in [0.5, 0.6) is 0 Å². The Kier molecular flexibility index (Phi) is 15.1. The number of nitrogens with zero attached hydrogens (tertiary/aromatic N) is 1. The first-order chi connectivity index (χ1) is 13.3. The lowest BCUT2D eigenvalue weighted by molar-refractivity contribution is -0.145. The molecule has 0 aliphatic rings. The van der Waals surface area contributed by atoms with Crippen LogP contribution in [0.2, 0.25) is 0 Å². The summed E-state index contributed by atoms with van der Waals surface area (Å²) in [7, 11) is 0. The van der Waals surface area contributed by atoms with E-state index in [1.54, 1.807) is 12.4 Å². The molecular weight excluding hydrogens is 334 g/mol. The second-order valence-electron chi connectivity index (χ2n) is 7.11. The van der Waals surface area contributed by atoms with Crippen LogP contribution in [0.1, 0.15) is 96.0 Å². The van der Waals surface area contributed by atoms with Gasteiger partial charge in [0.15, 0.2) is 0 Å². The molecule has 3 nitrogen and oxygen atoms in total.